The Balaban J connectivity index is 1.97. The predicted octanol–water partition coefficient (Wildman–Crippen LogP) is 0.856. The zero-order chi connectivity index (χ0) is 17.0. The molecule has 0 spiro atoms. The Morgan fingerprint density at radius 2 is 1.87 bits per heavy atom. The van der Waals surface area contributed by atoms with Gasteiger partial charge in [-0.15, -0.1) is 0 Å². The molecule has 23 heavy (non-hydrogen) atoms. The smallest absolute Gasteiger partial charge is 0.358 e. The van der Waals surface area contributed by atoms with Crippen LogP contribution in [0.5, 0.6) is 0 Å². The summed E-state index contributed by atoms with van der Waals surface area (Å²) in [7, 11) is 2.87. The molecule has 0 aliphatic carbocycles. The van der Waals surface area contributed by atoms with Crippen LogP contribution in [-0.2, 0) is 21.4 Å². The van der Waals surface area contributed by atoms with E-state index in [1.807, 2.05) is 0 Å². The number of anilines is 1. The molecule has 1 aromatic heterocycles. The second-order valence-electron chi connectivity index (χ2n) is 5.56. The zero-order valence-electron chi connectivity index (χ0n) is 13.7. The summed E-state index contributed by atoms with van der Waals surface area (Å²) in [6.07, 6.45) is 2.29. The highest BCUT2D eigenvalue weighted by Gasteiger charge is 2.23. The number of carbonyl (C=O) groups excluding carboxylic acids is 3. The van der Waals surface area contributed by atoms with E-state index in [2.05, 4.69) is 10.4 Å². The largest absolute Gasteiger partial charge is 0.464 e. The fourth-order valence-corrected chi connectivity index (χ4v) is 2.69. The molecule has 1 N–H and O–H groups in total. The maximum Gasteiger partial charge on any atom is 0.358 e. The van der Waals surface area contributed by atoms with Crippen LogP contribution >= 0.6 is 0 Å². The summed E-state index contributed by atoms with van der Waals surface area (Å²) in [5, 5.41) is 6.78. The average molecular weight is 322 g/mol. The van der Waals surface area contributed by atoms with Gasteiger partial charge < -0.3 is 15.0 Å². The van der Waals surface area contributed by atoms with E-state index in [4.69, 9.17) is 4.74 Å². The van der Waals surface area contributed by atoms with Gasteiger partial charge in [-0.1, -0.05) is 0 Å². The Morgan fingerprint density at radius 3 is 2.48 bits per heavy atom. The average Bonchev–Trinajstić information content (AvgIpc) is 3.13. The van der Waals surface area contributed by atoms with Crippen molar-refractivity contribution in [2.45, 2.75) is 32.6 Å². The van der Waals surface area contributed by atoms with Crippen molar-refractivity contribution in [3.63, 3.8) is 0 Å². The van der Waals surface area contributed by atoms with Crippen molar-refractivity contribution in [3.05, 3.63) is 11.4 Å². The summed E-state index contributed by atoms with van der Waals surface area (Å²) in [5.74, 6) is -0.899. The van der Waals surface area contributed by atoms with E-state index in [1.165, 1.54) is 11.8 Å². The van der Waals surface area contributed by atoms with Gasteiger partial charge in [0.1, 0.15) is 0 Å². The number of methoxy groups -OCH3 is 1. The van der Waals surface area contributed by atoms with Crippen LogP contribution in [0, 0.1) is 6.92 Å². The van der Waals surface area contributed by atoms with Gasteiger partial charge in [-0.2, -0.15) is 5.10 Å². The summed E-state index contributed by atoms with van der Waals surface area (Å²) in [6.45, 7) is 3.24. The lowest BCUT2D eigenvalue weighted by atomic mass is 10.2. The van der Waals surface area contributed by atoms with Crippen LogP contribution in [-0.4, -0.2) is 52.7 Å². The minimum absolute atomic E-state index is 0.00579. The van der Waals surface area contributed by atoms with Crippen molar-refractivity contribution in [1.29, 1.82) is 0 Å². The summed E-state index contributed by atoms with van der Waals surface area (Å²) < 4.78 is 6.07. The molecule has 2 heterocycles. The molecular weight excluding hydrogens is 300 g/mol. The number of hydrogen-bond donors (Lipinski definition) is 1. The Bertz CT molecular complexity index is 617. The number of aryl methyl sites for hydroxylation is 2. The lowest BCUT2D eigenvalue weighted by Crippen LogP contribution is -2.28. The second kappa shape index (κ2) is 7.26. The van der Waals surface area contributed by atoms with Gasteiger partial charge in [-0.25, -0.2) is 4.79 Å². The molecule has 1 fully saturated rings. The Hall–Kier alpha value is -2.38. The monoisotopic (exact) mass is 322 g/mol. The highest BCUT2D eigenvalue weighted by Crippen LogP contribution is 2.21. The molecule has 0 radical (unpaired) electrons. The normalized spacial score (nSPS) is 14.0. The lowest BCUT2D eigenvalue weighted by molar-refractivity contribution is -0.131. The van der Waals surface area contributed by atoms with E-state index in [1.54, 1.807) is 18.9 Å². The van der Waals surface area contributed by atoms with Crippen LogP contribution in [0.3, 0.4) is 0 Å². The van der Waals surface area contributed by atoms with Crippen LogP contribution in [0.1, 0.15) is 41.9 Å². The Labute approximate surface area is 134 Å². The molecule has 0 atom stereocenters. The molecule has 0 bridgehead atoms. The van der Waals surface area contributed by atoms with Crippen molar-refractivity contribution >= 4 is 23.5 Å². The fourth-order valence-electron chi connectivity index (χ4n) is 2.69. The summed E-state index contributed by atoms with van der Waals surface area (Å²) >= 11 is 0. The molecule has 126 valence electrons. The quantitative estimate of drug-likeness (QED) is 0.811. The molecule has 0 aromatic carbocycles. The zero-order valence-corrected chi connectivity index (χ0v) is 13.7. The molecule has 0 unspecified atom stereocenters. The number of rotatable bonds is 5. The minimum Gasteiger partial charge on any atom is -0.464 e. The van der Waals surface area contributed by atoms with Crippen LogP contribution < -0.4 is 5.32 Å². The number of amides is 2. The fraction of sp³-hybridized carbons (Fsp3) is 0.600. The summed E-state index contributed by atoms with van der Waals surface area (Å²) in [4.78, 5) is 37.6. The van der Waals surface area contributed by atoms with E-state index in [0.29, 0.717) is 11.4 Å². The van der Waals surface area contributed by atoms with Crippen LogP contribution in [0.2, 0.25) is 0 Å². The molecule has 2 rings (SSSR count). The first-order chi connectivity index (χ1) is 10.9. The highest BCUT2D eigenvalue weighted by molar-refractivity contribution is 6.01. The van der Waals surface area contributed by atoms with E-state index >= 15 is 0 Å². The molecular formula is C15H22N4O4. The van der Waals surface area contributed by atoms with Crippen molar-refractivity contribution in [3.8, 4) is 0 Å². The Morgan fingerprint density at radius 1 is 1.22 bits per heavy atom. The maximum absolute atomic E-state index is 12.1. The SMILES string of the molecule is COC(=O)c1c(NC(=O)CCC(=O)N2CCCC2)c(C)nn1C. The first-order valence-corrected chi connectivity index (χ1v) is 7.63. The second-order valence-corrected chi connectivity index (χ2v) is 5.56. The van der Waals surface area contributed by atoms with Crippen molar-refractivity contribution < 1.29 is 19.1 Å². The molecule has 0 saturated carbocycles. The number of aromatic nitrogens is 2. The molecule has 1 saturated heterocycles. The number of nitrogens with one attached hydrogen (secondary N) is 1. The van der Waals surface area contributed by atoms with Crippen LogP contribution in [0.4, 0.5) is 5.69 Å². The van der Waals surface area contributed by atoms with Crippen LogP contribution in [0.25, 0.3) is 0 Å². The third-order valence-corrected chi connectivity index (χ3v) is 3.89. The summed E-state index contributed by atoms with van der Waals surface area (Å²) in [6, 6.07) is 0. The van der Waals surface area contributed by atoms with Gasteiger partial charge in [0.05, 0.1) is 18.5 Å². The van der Waals surface area contributed by atoms with E-state index in [-0.39, 0.29) is 30.3 Å². The lowest BCUT2D eigenvalue weighted by Gasteiger charge is -2.14. The predicted molar refractivity (Wildman–Crippen MR) is 83.0 cm³/mol. The molecule has 8 heteroatoms. The standard InChI is InChI=1S/C15H22N4O4/c1-10-13(14(15(22)23-3)18(2)17-10)16-11(20)6-7-12(21)19-8-4-5-9-19/h4-9H2,1-3H3,(H,16,20). The minimum atomic E-state index is -0.573. The Kier molecular flexibility index (Phi) is 5.36. The summed E-state index contributed by atoms with van der Waals surface area (Å²) in [5.41, 5.74) is 1.04. The molecule has 8 nitrogen and oxygen atoms in total. The number of carbonyl (C=O) groups is 3. The van der Waals surface area contributed by atoms with Gasteiger partial charge in [-0.05, 0) is 19.8 Å². The first kappa shape index (κ1) is 17.0. The number of nitrogens with zero attached hydrogens (tertiary/aromatic N) is 3. The van der Waals surface area contributed by atoms with Gasteiger partial charge in [-0.3, -0.25) is 14.3 Å². The van der Waals surface area contributed by atoms with Gasteiger partial charge >= 0.3 is 5.97 Å². The van der Waals surface area contributed by atoms with E-state index < -0.39 is 5.97 Å². The van der Waals surface area contributed by atoms with Crippen molar-refractivity contribution in [2.75, 3.05) is 25.5 Å². The maximum atomic E-state index is 12.1. The third-order valence-electron chi connectivity index (χ3n) is 3.89. The highest BCUT2D eigenvalue weighted by atomic mass is 16.5. The van der Waals surface area contributed by atoms with Gasteiger partial charge in [0.15, 0.2) is 5.69 Å². The van der Waals surface area contributed by atoms with E-state index in [0.717, 1.165) is 25.9 Å². The number of hydrogen-bond acceptors (Lipinski definition) is 5. The number of likely N-dealkylation sites (tertiary alicyclic amines) is 1. The molecule has 1 aromatic rings. The topological polar surface area (TPSA) is 93.5 Å². The number of ether oxygens (including phenoxy) is 1. The molecule has 1 aliphatic heterocycles. The van der Waals surface area contributed by atoms with Crippen molar-refractivity contribution in [2.24, 2.45) is 7.05 Å². The van der Waals surface area contributed by atoms with E-state index in [9.17, 15) is 14.4 Å². The third kappa shape index (κ3) is 3.88. The number of esters is 1. The van der Waals surface area contributed by atoms with Crippen LogP contribution in [0.15, 0.2) is 0 Å². The first-order valence-electron chi connectivity index (χ1n) is 7.63. The van der Waals surface area contributed by atoms with Gasteiger partial charge in [0.2, 0.25) is 11.8 Å². The van der Waals surface area contributed by atoms with Gasteiger partial charge in [0, 0.05) is 33.0 Å². The van der Waals surface area contributed by atoms with Gasteiger partial charge in [0.25, 0.3) is 0 Å². The van der Waals surface area contributed by atoms with Crippen molar-refractivity contribution in [1.82, 2.24) is 14.7 Å². The molecule has 2 amide bonds. The molecule has 1 aliphatic rings.